The number of hydrogen-bond acceptors (Lipinski definition) is 2. The fourth-order valence-electron chi connectivity index (χ4n) is 2.56. The lowest BCUT2D eigenvalue weighted by Gasteiger charge is -2.06. The third-order valence-corrected chi connectivity index (χ3v) is 4.21. The van der Waals surface area contributed by atoms with Gasteiger partial charge in [-0.2, -0.15) is 0 Å². The highest BCUT2D eigenvalue weighted by Gasteiger charge is 2.17. The molecule has 21 heavy (non-hydrogen) atoms. The lowest BCUT2D eigenvalue weighted by Crippen LogP contribution is -2.84. The predicted octanol–water partition coefficient (Wildman–Crippen LogP) is 3.50. The van der Waals surface area contributed by atoms with E-state index in [1.165, 1.54) is 12.8 Å². The van der Waals surface area contributed by atoms with Crippen molar-refractivity contribution < 1.29 is 14.5 Å². The molecular weight excluding hydrogens is 309 g/mol. The highest BCUT2D eigenvalue weighted by atomic mass is 35.5. The topological polar surface area (TPSA) is 39.0 Å². The van der Waals surface area contributed by atoms with E-state index in [4.69, 9.17) is 32.4 Å². The predicted molar refractivity (Wildman–Crippen MR) is 83.6 cm³/mol. The molecule has 5 heteroatoms. The van der Waals surface area contributed by atoms with Crippen molar-refractivity contribution in [2.24, 2.45) is 0 Å². The van der Waals surface area contributed by atoms with Crippen molar-refractivity contribution in [2.45, 2.75) is 25.5 Å². The summed E-state index contributed by atoms with van der Waals surface area (Å²) in [5.74, 6) is 1.71. The van der Waals surface area contributed by atoms with Gasteiger partial charge in [-0.15, -0.1) is 0 Å². The fraction of sp³-hybridized carbons (Fsp3) is 0.375. The Morgan fingerprint density at radius 3 is 2.86 bits per heavy atom. The molecule has 0 bridgehead atoms. The molecule has 0 amide bonds. The first-order chi connectivity index (χ1) is 10.2. The van der Waals surface area contributed by atoms with Crippen LogP contribution < -0.4 is 5.32 Å². The molecular formula is C16H18Cl2NO2+. The van der Waals surface area contributed by atoms with Gasteiger partial charge < -0.3 is 14.5 Å². The number of furan rings is 1. The van der Waals surface area contributed by atoms with Crippen molar-refractivity contribution >= 4 is 23.2 Å². The zero-order valence-electron chi connectivity index (χ0n) is 11.6. The van der Waals surface area contributed by atoms with Crippen LogP contribution in [0.3, 0.4) is 0 Å². The number of nitrogens with two attached hydrogens (primary N) is 1. The van der Waals surface area contributed by atoms with Crippen LogP contribution >= 0.6 is 23.2 Å². The van der Waals surface area contributed by atoms with Crippen molar-refractivity contribution in [3.63, 3.8) is 0 Å². The summed E-state index contributed by atoms with van der Waals surface area (Å²) in [5, 5.41) is 3.45. The molecule has 1 aromatic heterocycles. The van der Waals surface area contributed by atoms with E-state index in [2.05, 4.69) is 5.32 Å². The minimum Gasteiger partial charge on any atom is -0.455 e. The van der Waals surface area contributed by atoms with Crippen LogP contribution in [0.15, 0.2) is 34.7 Å². The third kappa shape index (κ3) is 3.80. The molecule has 1 atom stereocenters. The van der Waals surface area contributed by atoms with Gasteiger partial charge in [0, 0.05) is 17.2 Å². The maximum absolute atomic E-state index is 6.19. The van der Waals surface area contributed by atoms with Crippen LogP contribution in [-0.4, -0.2) is 19.3 Å². The molecule has 2 N–H and O–H groups in total. The van der Waals surface area contributed by atoms with Crippen LogP contribution in [0.2, 0.25) is 10.0 Å². The van der Waals surface area contributed by atoms with E-state index in [0.717, 1.165) is 36.8 Å². The van der Waals surface area contributed by atoms with E-state index in [0.29, 0.717) is 16.1 Å². The molecule has 1 saturated heterocycles. The van der Waals surface area contributed by atoms with Crippen molar-refractivity contribution in [1.82, 2.24) is 0 Å². The van der Waals surface area contributed by atoms with Crippen LogP contribution in [0.5, 0.6) is 0 Å². The number of quaternary nitrogens is 1. The molecule has 2 aromatic rings. The summed E-state index contributed by atoms with van der Waals surface area (Å²) in [6.45, 7) is 2.70. The molecule has 0 radical (unpaired) electrons. The highest BCUT2D eigenvalue weighted by molar-refractivity contribution is 6.36. The summed E-state index contributed by atoms with van der Waals surface area (Å²) < 4.78 is 11.5. The fourth-order valence-corrected chi connectivity index (χ4v) is 3.07. The second-order valence-electron chi connectivity index (χ2n) is 5.25. The van der Waals surface area contributed by atoms with Gasteiger partial charge in [0.05, 0.1) is 5.02 Å². The van der Waals surface area contributed by atoms with Gasteiger partial charge in [0.25, 0.3) is 0 Å². The van der Waals surface area contributed by atoms with E-state index in [-0.39, 0.29) is 0 Å². The Morgan fingerprint density at radius 1 is 1.19 bits per heavy atom. The lowest BCUT2D eigenvalue weighted by molar-refractivity contribution is -0.677. The van der Waals surface area contributed by atoms with Gasteiger partial charge in [0.1, 0.15) is 25.0 Å². The van der Waals surface area contributed by atoms with Gasteiger partial charge in [-0.05, 0) is 43.2 Å². The Bertz CT molecular complexity index is 606. The van der Waals surface area contributed by atoms with Crippen LogP contribution in [0.1, 0.15) is 18.6 Å². The average Bonchev–Trinajstić information content (AvgIpc) is 3.10. The van der Waals surface area contributed by atoms with Crippen molar-refractivity contribution in [2.75, 3.05) is 13.2 Å². The second kappa shape index (κ2) is 6.84. The number of benzene rings is 1. The van der Waals surface area contributed by atoms with E-state index in [1.807, 2.05) is 24.3 Å². The van der Waals surface area contributed by atoms with Gasteiger partial charge in [-0.25, -0.2) is 0 Å². The number of hydrogen-bond donors (Lipinski definition) is 1. The normalized spacial score (nSPS) is 18.3. The van der Waals surface area contributed by atoms with Crippen LogP contribution in [0.4, 0.5) is 0 Å². The molecule has 3 nitrogen and oxygen atoms in total. The molecule has 112 valence electrons. The molecule has 1 aliphatic rings. The van der Waals surface area contributed by atoms with E-state index in [1.54, 1.807) is 6.07 Å². The van der Waals surface area contributed by atoms with E-state index < -0.39 is 0 Å². The summed E-state index contributed by atoms with van der Waals surface area (Å²) in [5.41, 5.74) is 0.867. The molecule has 1 aromatic carbocycles. The Morgan fingerprint density at radius 2 is 2.10 bits per heavy atom. The first kappa shape index (κ1) is 14.9. The molecule has 0 unspecified atom stereocenters. The zero-order chi connectivity index (χ0) is 14.7. The number of halogens is 2. The van der Waals surface area contributed by atoms with Gasteiger partial charge in [0.2, 0.25) is 0 Å². The standard InChI is InChI=1S/C16H17Cl2NO2/c17-11-3-5-14(15(18)8-11)16-6-4-13(21-16)10-19-9-12-2-1-7-20-12/h3-6,8,12,19H,1-2,7,9-10H2/p+1/t12-/m0/s1. The number of rotatable bonds is 5. The molecule has 3 rings (SSSR count). The van der Waals surface area contributed by atoms with E-state index >= 15 is 0 Å². The second-order valence-corrected chi connectivity index (χ2v) is 6.10. The highest BCUT2D eigenvalue weighted by Crippen LogP contribution is 2.31. The molecule has 1 fully saturated rings. The van der Waals surface area contributed by atoms with Crippen LogP contribution in [0.25, 0.3) is 11.3 Å². The minimum atomic E-state index is 0.394. The van der Waals surface area contributed by atoms with Crippen LogP contribution in [-0.2, 0) is 11.3 Å². The van der Waals surface area contributed by atoms with Gasteiger partial charge in [-0.1, -0.05) is 23.2 Å². The smallest absolute Gasteiger partial charge is 0.158 e. The maximum Gasteiger partial charge on any atom is 0.158 e. The van der Waals surface area contributed by atoms with Gasteiger partial charge in [-0.3, -0.25) is 0 Å². The SMILES string of the molecule is Clc1ccc(-c2ccc(C[NH2+]C[C@@H]3CCCO3)o2)c(Cl)c1. The Balaban J connectivity index is 1.60. The summed E-state index contributed by atoms with van der Waals surface area (Å²) in [4.78, 5) is 0. The van der Waals surface area contributed by atoms with Crippen LogP contribution in [0, 0.1) is 0 Å². The molecule has 0 spiro atoms. The number of ether oxygens (including phenoxy) is 1. The summed E-state index contributed by atoms with van der Waals surface area (Å²) in [7, 11) is 0. The van der Waals surface area contributed by atoms with Gasteiger partial charge >= 0.3 is 0 Å². The molecule has 2 heterocycles. The van der Waals surface area contributed by atoms with Gasteiger partial charge in [0.15, 0.2) is 5.76 Å². The maximum atomic E-state index is 6.19. The monoisotopic (exact) mass is 326 g/mol. The quantitative estimate of drug-likeness (QED) is 0.913. The molecule has 0 aliphatic carbocycles. The first-order valence-electron chi connectivity index (χ1n) is 7.20. The summed E-state index contributed by atoms with van der Waals surface area (Å²) in [6.07, 6.45) is 2.74. The van der Waals surface area contributed by atoms with Crippen molar-refractivity contribution in [3.8, 4) is 11.3 Å². The Hall–Kier alpha value is -1.00. The summed E-state index contributed by atoms with van der Waals surface area (Å²) in [6, 6.07) is 9.36. The van der Waals surface area contributed by atoms with E-state index in [9.17, 15) is 0 Å². The third-order valence-electron chi connectivity index (χ3n) is 3.66. The minimum absolute atomic E-state index is 0.394. The Kier molecular flexibility index (Phi) is 4.86. The summed E-state index contributed by atoms with van der Waals surface area (Å²) >= 11 is 12.1. The Labute approximate surface area is 134 Å². The average molecular weight is 327 g/mol. The molecule has 1 aliphatic heterocycles. The zero-order valence-corrected chi connectivity index (χ0v) is 13.2. The largest absolute Gasteiger partial charge is 0.455 e. The first-order valence-corrected chi connectivity index (χ1v) is 7.95. The molecule has 0 saturated carbocycles. The lowest BCUT2D eigenvalue weighted by atomic mass is 10.2. The van der Waals surface area contributed by atoms with Crippen molar-refractivity contribution in [3.05, 3.63) is 46.1 Å². The van der Waals surface area contributed by atoms with Crippen molar-refractivity contribution in [1.29, 1.82) is 0 Å².